The van der Waals surface area contributed by atoms with Gasteiger partial charge in [0.2, 0.25) is 0 Å². The van der Waals surface area contributed by atoms with Gasteiger partial charge in [0.15, 0.2) is 0 Å². The number of hydrogen-bond acceptors (Lipinski definition) is 3. The van der Waals surface area contributed by atoms with E-state index >= 15 is 0 Å². The van der Waals surface area contributed by atoms with E-state index < -0.39 is 5.60 Å². The third-order valence-corrected chi connectivity index (χ3v) is 4.03. The van der Waals surface area contributed by atoms with E-state index in [9.17, 15) is 9.59 Å². The first-order valence-electron chi connectivity index (χ1n) is 6.82. The number of ether oxygens (including phenoxy) is 1. The molecular weight excluding hydrogens is 230 g/mol. The molecular formula is C14H23NO3. The fourth-order valence-electron chi connectivity index (χ4n) is 3.01. The molecule has 2 aliphatic rings. The van der Waals surface area contributed by atoms with E-state index in [1.54, 1.807) is 0 Å². The Balaban J connectivity index is 2.07. The molecule has 0 aromatic rings. The zero-order valence-corrected chi connectivity index (χ0v) is 11.6. The molecule has 4 nitrogen and oxygen atoms in total. The van der Waals surface area contributed by atoms with Gasteiger partial charge >= 0.3 is 6.09 Å². The normalized spacial score (nSPS) is 26.6. The van der Waals surface area contributed by atoms with Gasteiger partial charge in [-0.15, -0.1) is 0 Å². The Kier molecular flexibility index (Phi) is 3.39. The van der Waals surface area contributed by atoms with E-state index in [4.69, 9.17) is 4.74 Å². The molecule has 1 atom stereocenters. The molecule has 2 fully saturated rings. The minimum atomic E-state index is -0.455. The monoisotopic (exact) mass is 253 g/mol. The van der Waals surface area contributed by atoms with Crippen LogP contribution in [0.5, 0.6) is 0 Å². The van der Waals surface area contributed by atoms with E-state index in [-0.39, 0.29) is 17.6 Å². The zero-order chi connectivity index (χ0) is 13.4. The maximum absolute atomic E-state index is 12.2. The number of piperidine rings is 1. The van der Waals surface area contributed by atoms with Crippen molar-refractivity contribution in [3.63, 3.8) is 0 Å². The van der Waals surface area contributed by atoms with Crippen molar-refractivity contribution in [2.24, 2.45) is 5.92 Å². The molecule has 1 saturated heterocycles. The molecule has 1 aliphatic heterocycles. The molecule has 1 heterocycles. The van der Waals surface area contributed by atoms with Gasteiger partial charge in [0.1, 0.15) is 11.9 Å². The number of hydrogen-bond donors (Lipinski definition) is 0. The summed E-state index contributed by atoms with van der Waals surface area (Å²) in [6.45, 7) is 6.31. The summed E-state index contributed by atoms with van der Waals surface area (Å²) in [7, 11) is 0. The lowest BCUT2D eigenvalue weighted by Gasteiger charge is -2.54. The SMILES string of the molecule is CC(C)(C)OC(=O)N1CCC(C=O)CC12CCC2. The lowest BCUT2D eigenvalue weighted by Crippen LogP contribution is -2.61. The van der Waals surface area contributed by atoms with Gasteiger partial charge in [-0.25, -0.2) is 4.79 Å². The molecule has 18 heavy (non-hydrogen) atoms. The van der Waals surface area contributed by atoms with Crippen molar-refractivity contribution < 1.29 is 14.3 Å². The molecule has 102 valence electrons. The van der Waals surface area contributed by atoms with E-state index in [0.29, 0.717) is 6.54 Å². The van der Waals surface area contributed by atoms with Crippen LogP contribution in [0.1, 0.15) is 52.9 Å². The molecule has 0 N–H and O–H groups in total. The highest BCUT2D eigenvalue weighted by molar-refractivity contribution is 5.70. The second-order valence-electron chi connectivity index (χ2n) is 6.60. The molecule has 1 spiro atoms. The Bertz CT molecular complexity index is 341. The van der Waals surface area contributed by atoms with E-state index in [1.165, 1.54) is 0 Å². The van der Waals surface area contributed by atoms with Gasteiger partial charge in [-0.05, 0) is 52.9 Å². The number of rotatable bonds is 1. The van der Waals surface area contributed by atoms with Crippen molar-refractivity contribution in [3.8, 4) is 0 Å². The number of likely N-dealkylation sites (tertiary alicyclic amines) is 1. The highest BCUT2D eigenvalue weighted by atomic mass is 16.6. The summed E-state index contributed by atoms with van der Waals surface area (Å²) in [5, 5.41) is 0. The van der Waals surface area contributed by atoms with Crippen LogP contribution in [0.4, 0.5) is 4.79 Å². The first-order chi connectivity index (χ1) is 8.36. The standard InChI is InChI=1S/C14H23NO3/c1-13(2,3)18-12(17)15-8-5-11(10-16)9-14(15)6-4-7-14/h10-11H,4-9H2,1-3H3. The van der Waals surface area contributed by atoms with Crippen LogP contribution >= 0.6 is 0 Å². The molecule has 1 unspecified atom stereocenters. The van der Waals surface area contributed by atoms with Crippen LogP contribution in [0.25, 0.3) is 0 Å². The topological polar surface area (TPSA) is 46.6 Å². The van der Waals surface area contributed by atoms with Gasteiger partial charge in [0.25, 0.3) is 0 Å². The van der Waals surface area contributed by atoms with Crippen molar-refractivity contribution in [2.45, 2.75) is 64.0 Å². The first-order valence-corrected chi connectivity index (χ1v) is 6.82. The van der Waals surface area contributed by atoms with Crippen molar-refractivity contribution in [1.82, 2.24) is 4.90 Å². The maximum Gasteiger partial charge on any atom is 0.410 e. The lowest BCUT2D eigenvalue weighted by molar-refractivity contribution is -0.117. The number of nitrogens with zero attached hydrogens (tertiary/aromatic N) is 1. The highest BCUT2D eigenvalue weighted by Gasteiger charge is 2.49. The summed E-state index contributed by atoms with van der Waals surface area (Å²) >= 11 is 0. The predicted molar refractivity (Wildman–Crippen MR) is 68.3 cm³/mol. The first kappa shape index (κ1) is 13.4. The average molecular weight is 253 g/mol. The molecule has 0 radical (unpaired) electrons. The number of carbonyl (C=O) groups excluding carboxylic acids is 2. The molecule has 1 saturated carbocycles. The molecule has 0 aromatic carbocycles. The molecule has 0 aromatic heterocycles. The van der Waals surface area contributed by atoms with Gasteiger partial charge in [-0.2, -0.15) is 0 Å². The van der Waals surface area contributed by atoms with E-state index in [0.717, 1.165) is 38.4 Å². The average Bonchev–Trinajstić information content (AvgIpc) is 2.23. The van der Waals surface area contributed by atoms with E-state index in [1.807, 2.05) is 25.7 Å². The highest BCUT2D eigenvalue weighted by Crippen LogP contribution is 2.46. The summed E-state index contributed by atoms with van der Waals surface area (Å²) in [4.78, 5) is 25.1. The van der Waals surface area contributed by atoms with Gasteiger partial charge < -0.3 is 14.4 Å². The van der Waals surface area contributed by atoms with Gasteiger partial charge in [0, 0.05) is 18.0 Å². The third-order valence-electron chi connectivity index (χ3n) is 4.03. The number of carbonyl (C=O) groups is 2. The Morgan fingerprint density at radius 3 is 2.50 bits per heavy atom. The van der Waals surface area contributed by atoms with Crippen LogP contribution in [0, 0.1) is 5.92 Å². The molecule has 1 amide bonds. The van der Waals surface area contributed by atoms with Crippen molar-refractivity contribution in [3.05, 3.63) is 0 Å². The maximum atomic E-state index is 12.2. The van der Waals surface area contributed by atoms with E-state index in [2.05, 4.69) is 0 Å². The fraction of sp³-hybridized carbons (Fsp3) is 0.857. The summed E-state index contributed by atoms with van der Waals surface area (Å²) in [6.07, 6.45) is 5.58. The van der Waals surface area contributed by atoms with Gasteiger partial charge in [-0.3, -0.25) is 0 Å². The van der Waals surface area contributed by atoms with Crippen LogP contribution in [-0.4, -0.2) is 35.0 Å². The van der Waals surface area contributed by atoms with Crippen molar-refractivity contribution in [2.75, 3.05) is 6.54 Å². The molecule has 4 heteroatoms. The second-order valence-corrected chi connectivity index (χ2v) is 6.60. The summed E-state index contributed by atoms with van der Waals surface area (Å²) in [5.74, 6) is 0.115. The zero-order valence-electron chi connectivity index (χ0n) is 11.6. The molecule has 1 aliphatic carbocycles. The van der Waals surface area contributed by atoms with Crippen molar-refractivity contribution >= 4 is 12.4 Å². The summed E-state index contributed by atoms with van der Waals surface area (Å²) in [5.41, 5.74) is -0.546. The summed E-state index contributed by atoms with van der Waals surface area (Å²) < 4.78 is 5.48. The van der Waals surface area contributed by atoms with Crippen LogP contribution < -0.4 is 0 Å². The summed E-state index contributed by atoms with van der Waals surface area (Å²) in [6, 6.07) is 0. The Morgan fingerprint density at radius 1 is 1.39 bits per heavy atom. The van der Waals surface area contributed by atoms with Gasteiger partial charge in [-0.1, -0.05) is 0 Å². The van der Waals surface area contributed by atoms with Crippen LogP contribution in [-0.2, 0) is 9.53 Å². The Morgan fingerprint density at radius 2 is 2.06 bits per heavy atom. The number of aldehydes is 1. The minimum absolute atomic E-state index is 0.0911. The predicted octanol–water partition coefficient (Wildman–Crippen LogP) is 2.76. The van der Waals surface area contributed by atoms with Crippen LogP contribution in [0.3, 0.4) is 0 Å². The third kappa shape index (κ3) is 2.52. The smallest absolute Gasteiger partial charge is 0.410 e. The lowest BCUT2D eigenvalue weighted by atomic mass is 9.67. The van der Waals surface area contributed by atoms with Gasteiger partial charge in [0.05, 0.1) is 0 Å². The number of amides is 1. The Labute approximate surface area is 109 Å². The van der Waals surface area contributed by atoms with Crippen LogP contribution in [0.2, 0.25) is 0 Å². The fourth-order valence-corrected chi connectivity index (χ4v) is 3.01. The second kappa shape index (κ2) is 4.56. The molecule has 0 bridgehead atoms. The molecule has 2 rings (SSSR count). The Hall–Kier alpha value is -1.06. The largest absolute Gasteiger partial charge is 0.444 e. The van der Waals surface area contributed by atoms with Crippen LogP contribution in [0.15, 0.2) is 0 Å². The van der Waals surface area contributed by atoms with Crippen molar-refractivity contribution in [1.29, 1.82) is 0 Å². The quantitative estimate of drug-likeness (QED) is 0.675. The minimum Gasteiger partial charge on any atom is -0.444 e.